The van der Waals surface area contributed by atoms with Crippen molar-refractivity contribution in [2.75, 3.05) is 19.8 Å². The van der Waals surface area contributed by atoms with Gasteiger partial charge < -0.3 is 18.6 Å². The normalized spacial score (nSPS) is 17.5. The number of amides is 1. The number of nitrogens with zero attached hydrogens (tertiary/aromatic N) is 1. The van der Waals surface area contributed by atoms with Gasteiger partial charge in [0.15, 0.2) is 24.8 Å². The Morgan fingerprint density at radius 3 is 1.88 bits per heavy atom. The first-order valence-corrected chi connectivity index (χ1v) is 14.4. The number of carbonyl (C=O) groups excluding carboxylic acids is 5. The molecule has 2 aliphatic rings. The van der Waals surface area contributed by atoms with Crippen molar-refractivity contribution in [1.29, 1.82) is 0 Å². The molecule has 0 bridgehead atoms. The molecule has 1 saturated carbocycles. The van der Waals surface area contributed by atoms with E-state index in [2.05, 4.69) is 0 Å². The van der Waals surface area contributed by atoms with Crippen LogP contribution < -0.4 is 0 Å². The second-order valence-corrected chi connectivity index (χ2v) is 11.9. The molecule has 1 aliphatic carbocycles. The maximum Gasteiger partial charge on any atom is 0.411 e. The standard InChI is InChI=1S/C32H35NO9/c1-32(2,3)42-31(38)33-14-6-9-24(33)30(37)40-18-26(35)21-11-13-23-22-12-10-20(15-27(22)41-28(23)16-21)25(34)17-39-29(36)19-7-4-5-8-19/h10-13,15-16,19,24H,4-9,14,17-18H2,1-3H3/t24-/m0/s1. The van der Waals surface area contributed by atoms with Gasteiger partial charge in [-0.15, -0.1) is 0 Å². The number of rotatable bonds is 8. The summed E-state index contributed by atoms with van der Waals surface area (Å²) in [4.78, 5) is 64.3. The van der Waals surface area contributed by atoms with Crippen molar-refractivity contribution in [2.24, 2.45) is 5.92 Å². The van der Waals surface area contributed by atoms with Crippen molar-refractivity contribution in [2.45, 2.75) is 70.9 Å². The van der Waals surface area contributed by atoms with E-state index in [4.69, 9.17) is 18.6 Å². The number of esters is 2. The third-order valence-corrected chi connectivity index (χ3v) is 7.65. The van der Waals surface area contributed by atoms with E-state index in [1.165, 1.54) is 4.90 Å². The fourth-order valence-corrected chi connectivity index (χ4v) is 5.49. The van der Waals surface area contributed by atoms with Crippen LogP contribution in [0, 0.1) is 5.92 Å². The van der Waals surface area contributed by atoms with Gasteiger partial charge in [-0.3, -0.25) is 19.3 Å². The average Bonchev–Trinajstić information content (AvgIpc) is 3.72. The highest BCUT2D eigenvalue weighted by Crippen LogP contribution is 2.31. The Kier molecular flexibility index (Phi) is 8.34. The van der Waals surface area contributed by atoms with Crippen LogP contribution in [-0.2, 0) is 23.8 Å². The molecular formula is C32H35NO9. The number of furan rings is 1. The zero-order valence-electron chi connectivity index (χ0n) is 24.1. The second kappa shape index (κ2) is 12.0. The number of likely N-dealkylation sites (tertiary alicyclic amines) is 1. The average molecular weight is 578 g/mol. The number of Topliss-reactive ketones (excluding diaryl/α,β-unsaturated/α-hetero) is 2. The van der Waals surface area contributed by atoms with Crippen LogP contribution in [0.3, 0.4) is 0 Å². The SMILES string of the molecule is CC(C)(C)OC(=O)N1CCC[C@H]1C(=O)OCC(=O)c1ccc2c(c1)oc1cc(C(=O)COC(=O)C3CCCC3)ccc12. The molecule has 10 nitrogen and oxygen atoms in total. The molecule has 2 aromatic carbocycles. The lowest BCUT2D eigenvalue weighted by molar-refractivity contribution is -0.148. The molecule has 0 N–H and O–H groups in total. The molecule has 2 fully saturated rings. The van der Waals surface area contributed by atoms with Gasteiger partial charge in [0.2, 0.25) is 0 Å². The van der Waals surface area contributed by atoms with Crippen molar-refractivity contribution in [1.82, 2.24) is 4.90 Å². The lowest BCUT2D eigenvalue weighted by atomic mass is 10.1. The van der Waals surface area contributed by atoms with Gasteiger partial charge >= 0.3 is 18.0 Å². The van der Waals surface area contributed by atoms with Crippen LogP contribution in [0.25, 0.3) is 21.9 Å². The monoisotopic (exact) mass is 577 g/mol. The number of hydrogen-bond acceptors (Lipinski definition) is 9. The summed E-state index contributed by atoms with van der Waals surface area (Å²) in [6.07, 6.45) is 4.10. The highest BCUT2D eigenvalue weighted by atomic mass is 16.6. The third kappa shape index (κ3) is 6.48. The highest BCUT2D eigenvalue weighted by molar-refractivity contribution is 6.10. The van der Waals surface area contributed by atoms with Gasteiger partial charge in [0.1, 0.15) is 22.8 Å². The minimum Gasteiger partial charge on any atom is -0.457 e. The first-order valence-electron chi connectivity index (χ1n) is 14.4. The molecule has 1 atom stereocenters. The van der Waals surface area contributed by atoms with Crippen LogP contribution in [0.1, 0.15) is 80.0 Å². The van der Waals surface area contributed by atoms with E-state index in [1.807, 2.05) is 0 Å². The Hall–Kier alpha value is -4.21. The van der Waals surface area contributed by atoms with E-state index >= 15 is 0 Å². The maximum atomic E-state index is 12.9. The first kappa shape index (κ1) is 29.3. The van der Waals surface area contributed by atoms with Crippen molar-refractivity contribution in [3.05, 3.63) is 47.5 Å². The quantitative estimate of drug-likeness (QED) is 0.190. The molecule has 0 spiro atoms. The van der Waals surface area contributed by atoms with E-state index in [9.17, 15) is 24.0 Å². The molecule has 5 rings (SSSR count). The summed E-state index contributed by atoms with van der Waals surface area (Å²) in [5.41, 5.74) is 0.847. The molecule has 42 heavy (non-hydrogen) atoms. The van der Waals surface area contributed by atoms with E-state index < -0.39 is 36.1 Å². The van der Waals surface area contributed by atoms with Crippen molar-refractivity contribution >= 4 is 51.5 Å². The Bertz CT molecular complexity index is 1540. The summed E-state index contributed by atoms with van der Waals surface area (Å²) < 4.78 is 21.9. The predicted octanol–water partition coefficient (Wildman–Crippen LogP) is 5.63. The van der Waals surface area contributed by atoms with E-state index in [0.29, 0.717) is 41.7 Å². The Morgan fingerprint density at radius 2 is 1.33 bits per heavy atom. The molecule has 0 radical (unpaired) electrons. The maximum absolute atomic E-state index is 12.9. The van der Waals surface area contributed by atoms with Crippen LogP contribution in [0.2, 0.25) is 0 Å². The Balaban J connectivity index is 1.21. The summed E-state index contributed by atoms with van der Waals surface area (Å²) in [6.45, 7) is 4.82. The molecule has 3 aromatic rings. The van der Waals surface area contributed by atoms with Crippen molar-refractivity contribution in [3.8, 4) is 0 Å². The lowest BCUT2D eigenvalue weighted by Gasteiger charge is -2.27. The fourth-order valence-electron chi connectivity index (χ4n) is 5.49. The number of fused-ring (bicyclic) bond motifs is 3. The summed E-state index contributed by atoms with van der Waals surface area (Å²) in [5.74, 6) is -1.84. The van der Waals surface area contributed by atoms with Gasteiger partial charge in [-0.05, 0) is 70.7 Å². The number of ether oxygens (including phenoxy) is 3. The Morgan fingerprint density at radius 1 is 0.786 bits per heavy atom. The van der Waals surface area contributed by atoms with Crippen LogP contribution in [0.15, 0.2) is 40.8 Å². The van der Waals surface area contributed by atoms with Crippen molar-refractivity contribution in [3.63, 3.8) is 0 Å². The Labute approximate surface area is 243 Å². The molecule has 1 aromatic heterocycles. The summed E-state index contributed by atoms with van der Waals surface area (Å²) in [5, 5.41) is 1.52. The van der Waals surface area contributed by atoms with Crippen LogP contribution in [0.4, 0.5) is 4.79 Å². The summed E-state index contributed by atoms with van der Waals surface area (Å²) >= 11 is 0. The molecule has 1 aliphatic heterocycles. The largest absolute Gasteiger partial charge is 0.457 e. The van der Waals surface area contributed by atoms with E-state index in [1.54, 1.807) is 57.2 Å². The van der Waals surface area contributed by atoms with Gasteiger partial charge in [-0.2, -0.15) is 0 Å². The minimum atomic E-state index is -0.798. The second-order valence-electron chi connectivity index (χ2n) is 11.9. The van der Waals surface area contributed by atoms with Crippen molar-refractivity contribution < 1.29 is 42.6 Å². The molecule has 0 unspecified atom stereocenters. The van der Waals surface area contributed by atoms with Gasteiger partial charge in [0.05, 0.1) is 5.92 Å². The molecule has 1 amide bonds. The zero-order chi connectivity index (χ0) is 30.0. The third-order valence-electron chi connectivity index (χ3n) is 7.65. The molecule has 2 heterocycles. The highest BCUT2D eigenvalue weighted by Gasteiger charge is 2.38. The zero-order valence-corrected chi connectivity index (χ0v) is 24.1. The molecular weight excluding hydrogens is 542 g/mol. The van der Waals surface area contributed by atoms with E-state index in [-0.39, 0.29) is 24.3 Å². The van der Waals surface area contributed by atoms with E-state index in [0.717, 1.165) is 36.5 Å². The summed E-state index contributed by atoms with van der Waals surface area (Å²) in [7, 11) is 0. The smallest absolute Gasteiger partial charge is 0.411 e. The van der Waals surface area contributed by atoms with Gasteiger partial charge in [-0.1, -0.05) is 25.0 Å². The number of benzene rings is 2. The van der Waals surface area contributed by atoms with Crippen LogP contribution >= 0.6 is 0 Å². The number of ketones is 2. The minimum absolute atomic E-state index is 0.120. The number of hydrogen-bond donors (Lipinski definition) is 0. The van der Waals surface area contributed by atoms with Crippen LogP contribution in [-0.4, -0.2) is 65.9 Å². The first-order chi connectivity index (χ1) is 20.0. The molecule has 10 heteroatoms. The number of carbonyl (C=O) groups is 5. The topological polar surface area (TPSA) is 129 Å². The van der Waals surface area contributed by atoms with Gasteiger partial charge in [-0.25, -0.2) is 9.59 Å². The predicted molar refractivity (Wildman–Crippen MR) is 152 cm³/mol. The molecule has 222 valence electrons. The fraction of sp³-hybridized carbons (Fsp3) is 0.469. The summed E-state index contributed by atoms with van der Waals surface area (Å²) in [6, 6.07) is 9.15. The lowest BCUT2D eigenvalue weighted by Crippen LogP contribution is -2.44. The van der Waals surface area contributed by atoms with Gasteiger partial charge in [0, 0.05) is 28.4 Å². The molecule has 1 saturated heterocycles. The van der Waals surface area contributed by atoms with Gasteiger partial charge in [0.25, 0.3) is 0 Å². The van der Waals surface area contributed by atoms with Crippen LogP contribution in [0.5, 0.6) is 0 Å².